The van der Waals surface area contributed by atoms with Crippen LogP contribution in [0.25, 0.3) is 0 Å². The van der Waals surface area contributed by atoms with Crippen LogP contribution in [0.5, 0.6) is 0 Å². The molecule has 0 saturated carbocycles. The molecule has 0 spiro atoms. The summed E-state index contributed by atoms with van der Waals surface area (Å²) in [7, 11) is 1.91. The summed E-state index contributed by atoms with van der Waals surface area (Å²) in [6.45, 7) is 5.67. The number of hydrogen-bond donors (Lipinski definition) is 0. The molecule has 2 aromatic rings. The van der Waals surface area contributed by atoms with Crippen molar-refractivity contribution in [2.75, 3.05) is 13.1 Å². The lowest BCUT2D eigenvalue weighted by Crippen LogP contribution is -2.30. The Labute approximate surface area is 118 Å². The number of nitrogens with zero attached hydrogens (tertiary/aromatic N) is 4. The Morgan fingerprint density at radius 2 is 2.20 bits per heavy atom. The number of imidazole rings is 1. The lowest BCUT2D eigenvalue weighted by Gasteiger charge is -2.19. The predicted octanol–water partition coefficient (Wildman–Crippen LogP) is 1.93. The highest BCUT2D eigenvalue weighted by Gasteiger charge is 2.30. The summed E-state index contributed by atoms with van der Waals surface area (Å²) in [6.07, 6.45) is 4.80. The first-order valence-electron chi connectivity index (χ1n) is 6.99. The van der Waals surface area contributed by atoms with Gasteiger partial charge < -0.3 is 14.0 Å². The molecule has 0 radical (unpaired) electrons. The molecule has 5 heteroatoms. The van der Waals surface area contributed by atoms with Crippen molar-refractivity contribution in [2.45, 2.75) is 26.3 Å². The van der Waals surface area contributed by atoms with Crippen molar-refractivity contribution in [3.05, 3.63) is 41.7 Å². The quantitative estimate of drug-likeness (QED) is 0.838. The van der Waals surface area contributed by atoms with E-state index in [1.807, 2.05) is 48.0 Å². The first-order chi connectivity index (χ1) is 9.58. The number of carbonyl (C=O) groups is 1. The Bertz CT molecular complexity index is 621. The Morgan fingerprint density at radius 3 is 2.80 bits per heavy atom. The zero-order valence-corrected chi connectivity index (χ0v) is 12.2. The van der Waals surface area contributed by atoms with Gasteiger partial charge in [0.15, 0.2) is 0 Å². The molecular formula is C15H20N4O. The summed E-state index contributed by atoms with van der Waals surface area (Å²) in [5, 5.41) is 0. The molecule has 20 heavy (non-hydrogen) atoms. The zero-order valence-electron chi connectivity index (χ0n) is 12.2. The standard InChI is InChI=1S/C15H20N4O/c1-11-9-16-12(2)19(11)13-6-8-18(10-13)15(20)14-5-4-7-17(14)3/h4-5,7,9,13H,6,8,10H2,1-3H3. The molecule has 1 saturated heterocycles. The number of rotatable bonds is 2. The minimum atomic E-state index is 0.121. The third kappa shape index (κ3) is 2.03. The molecule has 5 nitrogen and oxygen atoms in total. The summed E-state index contributed by atoms with van der Waals surface area (Å²) >= 11 is 0. The molecule has 3 rings (SSSR count). The van der Waals surface area contributed by atoms with Gasteiger partial charge in [0.2, 0.25) is 0 Å². The molecule has 1 aliphatic heterocycles. The molecule has 1 fully saturated rings. The molecule has 0 aromatic carbocycles. The van der Waals surface area contributed by atoms with Gasteiger partial charge in [0.25, 0.3) is 5.91 Å². The maximum absolute atomic E-state index is 12.5. The summed E-state index contributed by atoms with van der Waals surface area (Å²) < 4.78 is 4.13. The second kappa shape index (κ2) is 4.81. The molecule has 1 aliphatic rings. The van der Waals surface area contributed by atoms with Crippen molar-refractivity contribution < 1.29 is 4.79 Å². The van der Waals surface area contributed by atoms with E-state index in [4.69, 9.17) is 0 Å². The smallest absolute Gasteiger partial charge is 0.270 e. The Morgan fingerprint density at radius 1 is 1.40 bits per heavy atom. The molecule has 1 amide bonds. The van der Waals surface area contributed by atoms with Crippen LogP contribution < -0.4 is 0 Å². The normalized spacial score (nSPS) is 18.8. The maximum Gasteiger partial charge on any atom is 0.270 e. The van der Waals surface area contributed by atoms with Crippen molar-refractivity contribution in [3.8, 4) is 0 Å². The van der Waals surface area contributed by atoms with Crippen LogP contribution in [0.4, 0.5) is 0 Å². The van der Waals surface area contributed by atoms with Crippen LogP contribution in [0.2, 0.25) is 0 Å². The SMILES string of the molecule is Cc1cnc(C)n1C1CCN(C(=O)c2cccn2C)C1. The van der Waals surface area contributed by atoms with Gasteiger partial charge in [-0.2, -0.15) is 0 Å². The summed E-state index contributed by atoms with van der Waals surface area (Å²) in [5.74, 6) is 1.15. The van der Waals surface area contributed by atoms with Crippen molar-refractivity contribution in [2.24, 2.45) is 7.05 Å². The van der Waals surface area contributed by atoms with Crippen LogP contribution in [0.3, 0.4) is 0 Å². The Hall–Kier alpha value is -2.04. The molecule has 0 N–H and O–H groups in total. The molecule has 2 aromatic heterocycles. The van der Waals surface area contributed by atoms with Crippen molar-refractivity contribution in [3.63, 3.8) is 0 Å². The number of hydrogen-bond acceptors (Lipinski definition) is 2. The minimum Gasteiger partial charge on any atom is -0.347 e. The fourth-order valence-corrected chi connectivity index (χ4v) is 3.10. The van der Waals surface area contributed by atoms with Gasteiger partial charge in [0.1, 0.15) is 11.5 Å². The highest BCUT2D eigenvalue weighted by atomic mass is 16.2. The van der Waals surface area contributed by atoms with E-state index in [1.54, 1.807) is 0 Å². The minimum absolute atomic E-state index is 0.121. The van der Waals surface area contributed by atoms with E-state index >= 15 is 0 Å². The van der Waals surface area contributed by atoms with Gasteiger partial charge in [-0.15, -0.1) is 0 Å². The Balaban J connectivity index is 1.78. The van der Waals surface area contributed by atoms with Crippen LogP contribution >= 0.6 is 0 Å². The van der Waals surface area contributed by atoms with Crippen LogP contribution in [0, 0.1) is 13.8 Å². The van der Waals surface area contributed by atoms with Gasteiger partial charge in [0, 0.05) is 38.2 Å². The zero-order chi connectivity index (χ0) is 14.3. The van der Waals surface area contributed by atoms with Crippen LogP contribution in [-0.2, 0) is 7.05 Å². The van der Waals surface area contributed by atoms with E-state index in [0.29, 0.717) is 6.04 Å². The largest absolute Gasteiger partial charge is 0.347 e. The summed E-state index contributed by atoms with van der Waals surface area (Å²) in [6, 6.07) is 4.13. The topological polar surface area (TPSA) is 43.1 Å². The maximum atomic E-state index is 12.5. The third-order valence-electron chi connectivity index (χ3n) is 4.15. The molecule has 106 valence electrons. The van der Waals surface area contributed by atoms with Crippen molar-refractivity contribution >= 4 is 5.91 Å². The first-order valence-corrected chi connectivity index (χ1v) is 6.99. The van der Waals surface area contributed by atoms with E-state index in [-0.39, 0.29) is 5.91 Å². The van der Waals surface area contributed by atoms with Gasteiger partial charge in [-0.3, -0.25) is 4.79 Å². The van der Waals surface area contributed by atoms with E-state index in [0.717, 1.165) is 31.0 Å². The molecule has 1 unspecified atom stereocenters. The van der Waals surface area contributed by atoms with E-state index in [2.05, 4.69) is 16.5 Å². The summed E-state index contributed by atoms with van der Waals surface area (Å²) in [5.41, 5.74) is 1.92. The molecule has 1 atom stereocenters. The first kappa shape index (κ1) is 13.0. The van der Waals surface area contributed by atoms with Crippen LogP contribution in [0.1, 0.15) is 34.5 Å². The van der Waals surface area contributed by atoms with Crippen molar-refractivity contribution in [1.29, 1.82) is 0 Å². The monoisotopic (exact) mass is 272 g/mol. The highest BCUT2D eigenvalue weighted by Crippen LogP contribution is 2.25. The molecule has 0 aliphatic carbocycles. The Kier molecular flexibility index (Phi) is 3.12. The average molecular weight is 272 g/mol. The van der Waals surface area contributed by atoms with Gasteiger partial charge in [-0.05, 0) is 32.4 Å². The van der Waals surface area contributed by atoms with Gasteiger partial charge in [0.05, 0.1) is 6.04 Å². The van der Waals surface area contributed by atoms with E-state index in [9.17, 15) is 4.79 Å². The summed E-state index contributed by atoms with van der Waals surface area (Å²) in [4.78, 5) is 18.8. The predicted molar refractivity (Wildman–Crippen MR) is 76.7 cm³/mol. The van der Waals surface area contributed by atoms with Gasteiger partial charge >= 0.3 is 0 Å². The van der Waals surface area contributed by atoms with Gasteiger partial charge in [-0.25, -0.2) is 4.98 Å². The average Bonchev–Trinajstić information content (AvgIpc) is 3.10. The fraction of sp³-hybridized carbons (Fsp3) is 0.467. The molecule has 0 bridgehead atoms. The van der Waals surface area contributed by atoms with E-state index < -0.39 is 0 Å². The lowest BCUT2D eigenvalue weighted by molar-refractivity contribution is 0.0778. The third-order valence-corrected chi connectivity index (χ3v) is 4.15. The van der Waals surface area contributed by atoms with Crippen molar-refractivity contribution in [1.82, 2.24) is 19.0 Å². The lowest BCUT2D eigenvalue weighted by atomic mass is 10.2. The second-order valence-corrected chi connectivity index (χ2v) is 5.51. The number of amides is 1. The molecule has 3 heterocycles. The number of aromatic nitrogens is 3. The van der Waals surface area contributed by atoms with Crippen LogP contribution in [0.15, 0.2) is 24.5 Å². The number of carbonyl (C=O) groups excluding carboxylic acids is 1. The van der Waals surface area contributed by atoms with Crippen LogP contribution in [-0.4, -0.2) is 38.0 Å². The number of aryl methyl sites for hydroxylation is 3. The van der Waals surface area contributed by atoms with E-state index in [1.165, 1.54) is 5.69 Å². The number of likely N-dealkylation sites (tertiary alicyclic amines) is 1. The fourth-order valence-electron chi connectivity index (χ4n) is 3.10. The van der Waals surface area contributed by atoms with Gasteiger partial charge in [-0.1, -0.05) is 0 Å². The molecular weight excluding hydrogens is 252 g/mol. The second-order valence-electron chi connectivity index (χ2n) is 5.51. The highest BCUT2D eigenvalue weighted by molar-refractivity contribution is 5.92.